The molecule has 0 radical (unpaired) electrons. The van der Waals surface area contributed by atoms with Crippen molar-refractivity contribution < 1.29 is 14.6 Å². The molecule has 0 aliphatic heterocycles. The summed E-state index contributed by atoms with van der Waals surface area (Å²) in [7, 11) is 1.41. The molecule has 0 amide bonds. The van der Waals surface area contributed by atoms with Crippen LogP contribution in [0.1, 0.15) is 15.9 Å². The second kappa shape index (κ2) is 5.27. The maximum absolute atomic E-state index is 12.2. The van der Waals surface area contributed by atoms with Crippen molar-refractivity contribution in [2.45, 2.75) is 0 Å². The summed E-state index contributed by atoms with van der Waals surface area (Å²) in [5.41, 5.74) is 1.11. The first kappa shape index (κ1) is 11.4. The predicted octanol–water partition coefficient (Wildman–Crippen LogP) is 2.86. The molecule has 0 spiro atoms. The van der Waals surface area contributed by atoms with E-state index in [1.807, 2.05) is 18.2 Å². The van der Waals surface area contributed by atoms with Gasteiger partial charge in [-0.25, -0.2) is 0 Å². The number of carbonyl (C=O) groups excluding carboxylic acids is 1. The quantitative estimate of drug-likeness (QED) is 0.458. The van der Waals surface area contributed by atoms with Gasteiger partial charge in [0, 0.05) is 5.56 Å². The number of hydrogen-bond donors (Lipinski definition) is 0. The van der Waals surface area contributed by atoms with Crippen LogP contribution in [0.5, 0.6) is 5.75 Å². The normalized spacial score (nSPS) is 9.94. The van der Waals surface area contributed by atoms with Gasteiger partial charge < -0.3 is 4.89 Å². The van der Waals surface area contributed by atoms with E-state index in [0.29, 0.717) is 16.9 Å². The Kier molecular flexibility index (Phi) is 3.52. The van der Waals surface area contributed by atoms with Crippen molar-refractivity contribution in [3.63, 3.8) is 0 Å². The zero-order chi connectivity index (χ0) is 12.1. The third-order valence-electron chi connectivity index (χ3n) is 2.34. The van der Waals surface area contributed by atoms with Crippen LogP contribution in [0.4, 0.5) is 0 Å². The van der Waals surface area contributed by atoms with Crippen LogP contribution >= 0.6 is 0 Å². The maximum atomic E-state index is 12.2. The van der Waals surface area contributed by atoms with E-state index >= 15 is 0 Å². The first-order valence-corrected chi connectivity index (χ1v) is 5.22. The Morgan fingerprint density at radius 1 is 0.941 bits per heavy atom. The second-order valence-electron chi connectivity index (χ2n) is 3.44. The highest BCUT2D eigenvalue weighted by Crippen LogP contribution is 2.21. The van der Waals surface area contributed by atoms with Gasteiger partial charge in [0.2, 0.25) is 0 Å². The fourth-order valence-corrected chi connectivity index (χ4v) is 1.56. The van der Waals surface area contributed by atoms with Gasteiger partial charge in [-0.05, 0) is 12.1 Å². The maximum Gasteiger partial charge on any atom is 0.196 e. The summed E-state index contributed by atoms with van der Waals surface area (Å²) in [5, 5.41) is 0. The average molecular weight is 228 g/mol. The summed E-state index contributed by atoms with van der Waals surface area (Å²) in [5.74, 6) is 0.335. The van der Waals surface area contributed by atoms with Crippen LogP contribution in [0.15, 0.2) is 54.6 Å². The van der Waals surface area contributed by atoms with Crippen molar-refractivity contribution in [2.75, 3.05) is 7.11 Å². The number of hydrogen-bond acceptors (Lipinski definition) is 3. The van der Waals surface area contributed by atoms with Crippen LogP contribution in [0, 0.1) is 0 Å². The van der Waals surface area contributed by atoms with Gasteiger partial charge >= 0.3 is 0 Å². The molecule has 0 atom stereocenters. The van der Waals surface area contributed by atoms with E-state index in [4.69, 9.17) is 4.89 Å². The molecule has 2 aromatic carbocycles. The van der Waals surface area contributed by atoms with Gasteiger partial charge in [-0.3, -0.25) is 4.79 Å². The fourth-order valence-electron chi connectivity index (χ4n) is 1.56. The molecule has 0 aromatic heterocycles. The molecule has 0 saturated heterocycles. The molecule has 0 fully saturated rings. The topological polar surface area (TPSA) is 35.5 Å². The SMILES string of the molecule is COOc1ccccc1C(=O)c1ccccc1. The summed E-state index contributed by atoms with van der Waals surface area (Å²) in [6.07, 6.45) is 0. The van der Waals surface area contributed by atoms with E-state index in [0.717, 1.165) is 0 Å². The van der Waals surface area contributed by atoms with Gasteiger partial charge in [0.05, 0.1) is 12.7 Å². The Morgan fingerprint density at radius 2 is 1.59 bits per heavy atom. The molecule has 0 heterocycles. The van der Waals surface area contributed by atoms with Crippen LogP contribution in [0.2, 0.25) is 0 Å². The first-order chi connectivity index (χ1) is 8.33. The lowest BCUT2D eigenvalue weighted by Gasteiger charge is -2.07. The summed E-state index contributed by atoms with van der Waals surface area (Å²) in [6, 6.07) is 16.0. The third kappa shape index (κ3) is 2.52. The largest absolute Gasteiger partial charge is 0.337 e. The highest BCUT2D eigenvalue weighted by Gasteiger charge is 2.14. The van der Waals surface area contributed by atoms with Crippen LogP contribution < -0.4 is 4.89 Å². The minimum atomic E-state index is -0.0850. The molecule has 0 saturated carbocycles. The minimum absolute atomic E-state index is 0.0850. The van der Waals surface area contributed by atoms with Gasteiger partial charge in [-0.1, -0.05) is 42.5 Å². The van der Waals surface area contributed by atoms with Crippen molar-refractivity contribution in [3.05, 3.63) is 65.7 Å². The molecule has 17 heavy (non-hydrogen) atoms. The standard InChI is InChI=1S/C14H12O3/c1-16-17-13-10-6-5-9-12(13)14(15)11-7-3-2-4-8-11/h2-10H,1H3. The molecule has 3 nitrogen and oxygen atoms in total. The number of ketones is 1. The van der Waals surface area contributed by atoms with E-state index in [-0.39, 0.29) is 5.78 Å². The minimum Gasteiger partial charge on any atom is -0.337 e. The summed E-state index contributed by atoms with van der Waals surface area (Å²) >= 11 is 0. The monoisotopic (exact) mass is 228 g/mol. The first-order valence-electron chi connectivity index (χ1n) is 5.22. The lowest BCUT2D eigenvalue weighted by Crippen LogP contribution is -2.04. The molecule has 0 unspecified atom stereocenters. The Balaban J connectivity index is 2.37. The molecule has 0 N–H and O–H groups in total. The molecule has 2 rings (SSSR count). The van der Waals surface area contributed by atoms with Crippen molar-refractivity contribution >= 4 is 5.78 Å². The highest BCUT2D eigenvalue weighted by atomic mass is 17.2. The molecule has 0 aliphatic carbocycles. The van der Waals surface area contributed by atoms with E-state index in [2.05, 4.69) is 4.89 Å². The number of carbonyl (C=O) groups is 1. The summed E-state index contributed by atoms with van der Waals surface area (Å²) in [4.78, 5) is 21.8. The van der Waals surface area contributed by atoms with Gasteiger partial charge in [0.1, 0.15) is 0 Å². The van der Waals surface area contributed by atoms with Crippen molar-refractivity contribution in [3.8, 4) is 5.75 Å². The van der Waals surface area contributed by atoms with E-state index in [1.165, 1.54) is 7.11 Å². The van der Waals surface area contributed by atoms with Gasteiger partial charge in [0.15, 0.2) is 11.5 Å². The number of rotatable bonds is 4. The van der Waals surface area contributed by atoms with Crippen molar-refractivity contribution in [1.82, 2.24) is 0 Å². The van der Waals surface area contributed by atoms with E-state index in [1.54, 1.807) is 36.4 Å². The van der Waals surface area contributed by atoms with Crippen LogP contribution in [-0.4, -0.2) is 12.9 Å². The average Bonchev–Trinajstić information content (AvgIpc) is 2.40. The van der Waals surface area contributed by atoms with Crippen LogP contribution in [0.3, 0.4) is 0 Å². The van der Waals surface area contributed by atoms with E-state index in [9.17, 15) is 4.79 Å². The zero-order valence-electron chi connectivity index (χ0n) is 9.42. The molecule has 86 valence electrons. The lowest BCUT2D eigenvalue weighted by molar-refractivity contribution is -0.178. The predicted molar refractivity (Wildman–Crippen MR) is 64.0 cm³/mol. The van der Waals surface area contributed by atoms with Crippen LogP contribution in [0.25, 0.3) is 0 Å². The number of para-hydroxylation sites is 1. The molecular formula is C14H12O3. The summed E-state index contributed by atoms with van der Waals surface area (Å²) < 4.78 is 0. The third-order valence-corrected chi connectivity index (χ3v) is 2.34. The Hall–Kier alpha value is -2.13. The zero-order valence-corrected chi connectivity index (χ0v) is 9.42. The Labute approximate surface area is 99.5 Å². The summed E-state index contributed by atoms with van der Waals surface area (Å²) in [6.45, 7) is 0. The molecule has 2 aromatic rings. The molecule has 3 heteroatoms. The Bertz CT molecular complexity index is 506. The molecule has 0 bridgehead atoms. The van der Waals surface area contributed by atoms with Crippen molar-refractivity contribution in [2.24, 2.45) is 0 Å². The van der Waals surface area contributed by atoms with Gasteiger partial charge in [-0.2, -0.15) is 4.89 Å². The van der Waals surface area contributed by atoms with Gasteiger partial charge in [0.25, 0.3) is 0 Å². The van der Waals surface area contributed by atoms with Crippen molar-refractivity contribution in [1.29, 1.82) is 0 Å². The highest BCUT2D eigenvalue weighted by molar-refractivity contribution is 6.10. The Morgan fingerprint density at radius 3 is 2.29 bits per heavy atom. The second-order valence-corrected chi connectivity index (χ2v) is 3.44. The molecular weight excluding hydrogens is 216 g/mol. The van der Waals surface area contributed by atoms with Crippen LogP contribution in [-0.2, 0) is 4.89 Å². The molecule has 0 aliphatic rings. The number of benzene rings is 2. The van der Waals surface area contributed by atoms with E-state index < -0.39 is 0 Å². The lowest BCUT2D eigenvalue weighted by atomic mass is 10.0. The smallest absolute Gasteiger partial charge is 0.196 e. The van der Waals surface area contributed by atoms with Gasteiger partial charge in [-0.15, -0.1) is 0 Å². The fraction of sp³-hybridized carbons (Fsp3) is 0.0714.